The second-order valence-electron chi connectivity index (χ2n) is 4.20. The van der Waals surface area contributed by atoms with Gasteiger partial charge in [0.15, 0.2) is 0 Å². The number of hydrogen-bond acceptors (Lipinski definition) is 1. The van der Waals surface area contributed by atoms with Gasteiger partial charge in [0.25, 0.3) is 0 Å². The van der Waals surface area contributed by atoms with Crippen LogP contribution in [0.2, 0.25) is 0 Å². The molecule has 1 aromatic carbocycles. The van der Waals surface area contributed by atoms with Crippen molar-refractivity contribution in [2.75, 3.05) is 20.1 Å². The number of likely N-dealkylation sites (tertiary alicyclic amines) is 1. The minimum atomic E-state index is 1.14. The molecule has 0 atom stereocenters. The van der Waals surface area contributed by atoms with Crippen LogP contribution in [0.1, 0.15) is 45.6 Å². The van der Waals surface area contributed by atoms with E-state index in [1.165, 1.54) is 37.9 Å². The molecule has 17 heavy (non-hydrogen) atoms. The lowest BCUT2D eigenvalue weighted by Gasteiger charge is -2.20. The Kier molecular flexibility index (Phi) is 11.1. The SMILES string of the molecule is CC.CCc1ccccc1.CN1CCCCC1. The number of aryl methyl sites for hydroxylation is 1. The topological polar surface area (TPSA) is 3.24 Å². The predicted molar refractivity (Wildman–Crippen MR) is 78.5 cm³/mol. The van der Waals surface area contributed by atoms with Crippen molar-refractivity contribution < 1.29 is 0 Å². The number of piperidine rings is 1. The zero-order valence-electron chi connectivity index (χ0n) is 12.1. The zero-order chi connectivity index (χ0) is 12.9. The minimum absolute atomic E-state index is 1.14. The van der Waals surface area contributed by atoms with Crippen molar-refractivity contribution in [2.24, 2.45) is 0 Å². The van der Waals surface area contributed by atoms with Gasteiger partial charge in [-0.1, -0.05) is 57.5 Å². The molecule has 0 aliphatic carbocycles. The van der Waals surface area contributed by atoms with Crippen LogP contribution in [0.5, 0.6) is 0 Å². The number of benzene rings is 1. The first-order valence-electron chi connectivity index (χ1n) is 7.05. The van der Waals surface area contributed by atoms with Crippen LogP contribution in [-0.2, 0) is 6.42 Å². The van der Waals surface area contributed by atoms with Crippen LogP contribution in [0.25, 0.3) is 0 Å². The summed E-state index contributed by atoms with van der Waals surface area (Å²) in [6.07, 6.45) is 5.41. The van der Waals surface area contributed by atoms with E-state index in [0.717, 1.165) is 6.42 Å². The van der Waals surface area contributed by atoms with Crippen molar-refractivity contribution in [3.05, 3.63) is 35.9 Å². The maximum atomic E-state index is 2.39. The van der Waals surface area contributed by atoms with E-state index in [1.54, 1.807) is 0 Å². The molecule has 1 aliphatic rings. The lowest BCUT2D eigenvalue weighted by molar-refractivity contribution is 0.277. The Bertz CT molecular complexity index is 237. The van der Waals surface area contributed by atoms with Crippen molar-refractivity contribution in [1.29, 1.82) is 0 Å². The van der Waals surface area contributed by atoms with Crippen molar-refractivity contribution >= 4 is 0 Å². The van der Waals surface area contributed by atoms with Crippen molar-refractivity contribution in [1.82, 2.24) is 4.90 Å². The molecule has 0 saturated carbocycles. The van der Waals surface area contributed by atoms with Crippen LogP contribution in [0, 0.1) is 0 Å². The molecule has 1 aliphatic heterocycles. The smallest absolute Gasteiger partial charge is 0.00218 e. The van der Waals surface area contributed by atoms with E-state index in [2.05, 4.69) is 43.1 Å². The first-order chi connectivity index (χ1) is 8.33. The molecule has 98 valence electrons. The molecule has 0 N–H and O–H groups in total. The van der Waals surface area contributed by atoms with E-state index in [-0.39, 0.29) is 0 Å². The normalized spacial score (nSPS) is 15.1. The quantitative estimate of drug-likeness (QED) is 0.698. The van der Waals surface area contributed by atoms with Gasteiger partial charge in [0, 0.05) is 0 Å². The van der Waals surface area contributed by atoms with Crippen molar-refractivity contribution in [3.8, 4) is 0 Å². The molecule has 1 aromatic rings. The monoisotopic (exact) mass is 235 g/mol. The minimum Gasteiger partial charge on any atom is -0.306 e. The number of nitrogens with zero attached hydrogens (tertiary/aromatic N) is 1. The van der Waals surface area contributed by atoms with E-state index in [1.807, 2.05) is 19.9 Å². The molecule has 2 rings (SSSR count). The van der Waals surface area contributed by atoms with Gasteiger partial charge in [-0.25, -0.2) is 0 Å². The molecule has 0 radical (unpaired) electrons. The van der Waals surface area contributed by atoms with Crippen LogP contribution < -0.4 is 0 Å². The van der Waals surface area contributed by atoms with E-state index >= 15 is 0 Å². The van der Waals surface area contributed by atoms with Gasteiger partial charge in [0.1, 0.15) is 0 Å². The first kappa shape index (κ1) is 16.2. The third kappa shape index (κ3) is 8.93. The van der Waals surface area contributed by atoms with Crippen LogP contribution in [0.3, 0.4) is 0 Å². The van der Waals surface area contributed by atoms with Crippen molar-refractivity contribution in [3.63, 3.8) is 0 Å². The van der Waals surface area contributed by atoms with E-state index in [4.69, 9.17) is 0 Å². The lowest BCUT2D eigenvalue weighted by Crippen LogP contribution is -2.24. The van der Waals surface area contributed by atoms with Gasteiger partial charge in [-0.05, 0) is 45.0 Å². The standard InChI is InChI=1S/C8H10.C6H13N.C2H6/c1-2-8-6-4-3-5-7-8;1-7-5-3-2-4-6-7;1-2/h3-7H,2H2,1H3;2-6H2,1H3;1-2H3. The van der Waals surface area contributed by atoms with E-state index in [0.29, 0.717) is 0 Å². The van der Waals surface area contributed by atoms with Crippen LogP contribution >= 0.6 is 0 Å². The highest BCUT2D eigenvalue weighted by atomic mass is 15.1. The summed E-state index contributed by atoms with van der Waals surface area (Å²) in [5.41, 5.74) is 1.41. The van der Waals surface area contributed by atoms with E-state index in [9.17, 15) is 0 Å². The average molecular weight is 235 g/mol. The highest BCUT2D eigenvalue weighted by Gasteiger charge is 2.02. The molecule has 0 spiro atoms. The number of rotatable bonds is 1. The highest BCUT2D eigenvalue weighted by Crippen LogP contribution is 2.04. The summed E-state index contributed by atoms with van der Waals surface area (Å²) >= 11 is 0. The maximum Gasteiger partial charge on any atom is -0.00218 e. The van der Waals surface area contributed by atoms with Gasteiger partial charge in [-0.2, -0.15) is 0 Å². The van der Waals surface area contributed by atoms with Gasteiger partial charge in [-0.3, -0.25) is 0 Å². The fourth-order valence-corrected chi connectivity index (χ4v) is 1.77. The Morgan fingerprint density at radius 2 is 1.47 bits per heavy atom. The van der Waals surface area contributed by atoms with Crippen molar-refractivity contribution in [2.45, 2.75) is 46.5 Å². The zero-order valence-corrected chi connectivity index (χ0v) is 12.1. The molecule has 0 aromatic heterocycles. The molecular formula is C16H29N. The second-order valence-corrected chi connectivity index (χ2v) is 4.20. The third-order valence-corrected chi connectivity index (χ3v) is 2.83. The lowest BCUT2D eigenvalue weighted by atomic mass is 10.1. The largest absolute Gasteiger partial charge is 0.306 e. The molecule has 1 heterocycles. The van der Waals surface area contributed by atoms with Crippen LogP contribution in [0.4, 0.5) is 0 Å². The summed E-state index contributed by atoms with van der Waals surface area (Å²) in [6.45, 7) is 8.80. The average Bonchev–Trinajstić information content (AvgIpc) is 2.43. The fourth-order valence-electron chi connectivity index (χ4n) is 1.77. The summed E-state index contributed by atoms with van der Waals surface area (Å²) in [7, 11) is 2.19. The second kappa shape index (κ2) is 11.7. The molecule has 1 heteroatoms. The Labute approximate surface area is 108 Å². The molecule has 0 unspecified atom stereocenters. The molecular weight excluding hydrogens is 206 g/mol. The molecule has 1 saturated heterocycles. The molecule has 0 bridgehead atoms. The molecule has 0 amide bonds. The van der Waals surface area contributed by atoms with Gasteiger partial charge in [-0.15, -0.1) is 0 Å². The first-order valence-corrected chi connectivity index (χ1v) is 7.05. The maximum absolute atomic E-state index is 2.39. The predicted octanol–water partition coefficient (Wildman–Crippen LogP) is 4.38. The third-order valence-electron chi connectivity index (χ3n) is 2.83. The van der Waals surface area contributed by atoms with Gasteiger partial charge in [0.05, 0.1) is 0 Å². The van der Waals surface area contributed by atoms with Gasteiger partial charge >= 0.3 is 0 Å². The Hall–Kier alpha value is -0.820. The molecule has 1 nitrogen and oxygen atoms in total. The number of hydrogen-bond donors (Lipinski definition) is 0. The van der Waals surface area contributed by atoms with Gasteiger partial charge < -0.3 is 4.90 Å². The summed E-state index contributed by atoms with van der Waals surface area (Å²) < 4.78 is 0. The highest BCUT2D eigenvalue weighted by molar-refractivity contribution is 5.13. The Morgan fingerprint density at radius 1 is 0.941 bits per heavy atom. The summed E-state index contributed by atoms with van der Waals surface area (Å²) in [6, 6.07) is 10.5. The summed E-state index contributed by atoms with van der Waals surface area (Å²) in [5, 5.41) is 0. The summed E-state index contributed by atoms with van der Waals surface area (Å²) in [4.78, 5) is 2.39. The van der Waals surface area contributed by atoms with Crippen LogP contribution in [0.15, 0.2) is 30.3 Å². The summed E-state index contributed by atoms with van der Waals surface area (Å²) in [5.74, 6) is 0. The molecule has 1 fully saturated rings. The van der Waals surface area contributed by atoms with Gasteiger partial charge in [0.2, 0.25) is 0 Å². The van der Waals surface area contributed by atoms with E-state index < -0.39 is 0 Å². The fraction of sp³-hybridized carbons (Fsp3) is 0.625. The van der Waals surface area contributed by atoms with Crippen LogP contribution in [-0.4, -0.2) is 25.0 Å². The Balaban J connectivity index is 0.000000265. The Morgan fingerprint density at radius 3 is 1.76 bits per heavy atom.